The molecular formula is C7H11FO4. The number of halogens is 1. The molecule has 0 atom stereocenters. The highest BCUT2D eigenvalue weighted by Crippen LogP contribution is 1.95. The van der Waals surface area contributed by atoms with Crippen molar-refractivity contribution in [3.05, 3.63) is 11.6 Å². The van der Waals surface area contributed by atoms with Crippen LogP contribution in [0.3, 0.4) is 0 Å². The molecule has 5 heteroatoms. The van der Waals surface area contributed by atoms with Crippen LogP contribution in [-0.4, -0.2) is 26.2 Å². The molecule has 12 heavy (non-hydrogen) atoms. The highest BCUT2D eigenvalue weighted by Gasteiger charge is 2.05. The monoisotopic (exact) mass is 178 g/mol. The van der Waals surface area contributed by atoms with Gasteiger partial charge in [0.2, 0.25) is 0 Å². The van der Waals surface area contributed by atoms with Crippen LogP contribution in [0, 0.1) is 0 Å². The summed E-state index contributed by atoms with van der Waals surface area (Å²) in [6, 6.07) is 0. The minimum atomic E-state index is -0.562. The molecule has 0 fully saturated rings. The van der Waals surface area contributed by atoms with Gasteiger partial charge < -0.3 is 9.47 Å². The van der Waals surface area contributed by atoms with Crippen LogP contribution < -0.4 is 0 Å². The lowest BCUT2D eigenvalue weighted by atomic mass is 10.3. The fourth-order valence-corrected chi connectivity index (χ4v) is 0.456. The van der Waals surface area contributed by atoms with Crippen LogP contribution in [-0.2, 0) is 19.1 Å². The molecule has 0 aliphatic heterocycles. The van der Waals surface area contributed by atoms with Crippen molar-refractivity contribution in [3.63, 3.8) is 0 Å². The molecule has 0 aromatic heterocycles. The first-order valence-electron chi connectivity index (χ1n) is 2.96. The van der Waals surface area contributed by atoms with Crippen molar-refractivity contribution >= 4 is 11.9 Å². The second-order valence-electron chi connectivity index (χ2n) is 1.84. The fourth-order valence-electron chi connectivity index (χ4n) is 0.456. The number of carbonyl (C=O) groups excluding carboxylic acids is 2. The Bertz CT molecular complexity index is 198. The largest absolute Gasteiger partial charge is 0.466 e. The van der Waals surface area contributed by atoms with Gasteiger partial charge in [-0.25, -0.2) is 9.59 Å². The highest BCUT2D eigenvalue weighted by atomic mass is 19.0. The van der Waals surface area contributed by atoms with Crippen LogP contribution >= 0.6 is 0 Å². The molecule has 0 amide bonds. The molecule has 0 heterocycles. The van der Waals surface area contributed by atoms with Crippen molar-refractivity contribution in [2.45, 2.75) is 6.92 Å². The number of carbonyl (C=O) groups is 2. The van der Waals surface area contributed by atoms with E-state index in [0.29, 0.717) is 0 Å². The summed E-state index contributed by atoms with van der Waals surface area (Å²) >= 11 is 0. The molecule has 0 saturated heterocycles. The number of hydrogen-bond donors (Lipinski definition) is 0. The minimum Gasteiger partial charge on any atom is -0.466 e. The molecular weight excluding hydrogens is 167 g/mol. The van der Waals surface area contributed by atoms with Crippen molar-refractivity contribution in [2.24, 2.45) is 0 Å². The van der Waals surface area contributed by atoms with Crippen molar-refractivity contribution in [1.82, 2.24) is 0 Å². The second kappa shape index (κ2) is 6.33. The summed E-state index contributed by atoms with van der Waals surface area (Å²) in [5.41, 5.74) is 0.222. The third-order valence-corrected chi connectivity index (χ3v) is 1.04. The van der Waals surface area contributed by atoms with Gasteiger partial charge in [0.15, 0.2) is 0 Å². The molecule has 0 aromatic carbocycles. The van der Waals surface area contributed by atoms with Gasteiger partial charge in [0.25, 0.3) is 0 Å². The Kier molecular flexibility index (Phi) is 6.97. The van der Waals surface area contributed by atoms with Crippen LogP contribution in [0.1, 0.15) is 6.92 Å². The number of rotatable bonds is 2. The number of methoxy groups -OCH3 is 2. The summed E-state index contributed by atoms with van der Waals surface area (Å²) in [5.74, 6) is -1.09. The Morgan fingerprint density at radius 2 is 1.67 bits per heavy atom. The standard InChI is InChI=1S/C7H10O4.FH/c1-5(7(9)11-3)4-6(8)10-2;/h4H,1-3H3;1H/b5-4-;. The molecule has 0 aliphatic rings. The van der Waals surface area contributed by atoms with E-state index in [1.54, 1.807) is 0 Å². The molecule has 0 N–H and O–H groups in total. The smallest absolute Gasteiger partial charge is 0.333 e. The van der Waals surface area contributed by atoms with Gasteiger partial charge in [-0.1, -0.05) is 0 Å². The molecule has 0 aromatic rings. The lowest BCUT2D eigenvalue weighted by molar-refractivity contribution is -0.138. The highest BCUT2D eigenvalue weighted by molar-refractivity contribution is 5.95. The molecule has 0 radical (unpaired) electrons. The molecule has 0 aliphatic carbocycles. The zero-order valence-corrected chi connectivity index (χ0v) is 7.12. The maximum atomic E-state index is 10.7. The molecule has 0 saturated carbocycles. The first kappa shape index (κ1) is 13.2. The average molecular weight is 178 g/mol. The van der Waals surface area contributed by atoms with E-state index < -0.39 is 11.9 Å². The van der Waals surface area contributed by atoms with Gasteiger partial charge in [0, 0.05) is 11.6 Å². The van der Waals surface area contributed by atoms with E-state index >= 15 is 0 Å². The van der Waals surface area contributed by atoms with Crippen LogP contribution in [0.25, 0.3) is 0 Å². The molecule has 0 spiro atoms. The van der Waals surface area contributed by atoms with Gasteiger partial charge in [-0.2, -0.15) is 0 Å². The third-order valence-electron chi connectivity index (χ3n) is 1.04. The van der Waals surface area contributed by atoms with Crippen molar-refractivity contribution in [1.29, 1.82) is 0 Å². The maximum absolute atomic E-state index is 10.7. The Morgan fingerprint density at radius 3 is 2.00 bits per heavy atom. The van der Waals surface area contributed by atoms with Crippen LogP contribution in [0.5, 0.6) is 0 Å². The second-order valence-corrected chi connectivity index (χ2v) is 1.84. The Hall–Kier alpha value is -1.39. The van der Waals surface area contributed by atoms with E-state index in [0.717, 1.165) is 6.08 Å². The van der Waals surface area contributed by atoms with Crippen LogP contribution in [0.4, 0.5) is 4.70 Å². The number of ether oxygens (including phenoxy) is 2. The molecule has 4 nitrogen and oxygen atoms in total. The van der Waals surface area contributed by atoms with Gasteiger partial charge in [0.1, 0.15) is 0 Å². The Morgan fingerprint density at radius 1 is 1.17 bits per heavy atom. The van der Waals surface area contributed by atoms with E-state index in [9.17, 15) is 9.59 Å². The summed E-state index contributed by atoms with van der Waals surface area (Å²) in [5, 5.41) is 0. The van der Waals surface area contributed by atoms with Gasteiger partial charge in [-0.3, -0.25) is 4.70 Å². The summed E-state index contributed by atoms with van der Waals surface area (Å²) in [4.78, 5) is 21.2. The van der Waals surface area contributed by atoms with Crippen molar-refractivity contribution < 1.29 is 23.8 Å². The lowest BCUT2D eigenvalue weighted by Gasteiger charge is -1.96. The first-order valence-corrected chi connectivity index (χ1v) is 2.96. The zero-order chi connectivity index (χ0) is 8.85. The number of esters is 2. The quantitative estimate of drug-likeness (QED) is 0.454. The lowest BCUT2D eigenvalue weighted by Crippen LogP contribution is -2.05. The summed E-state index contributed by atoms with van der Waals surface area (Å²) < 4.78 is 8.63. The van der Waals surface area contributed by atoms with Gasteiger partial charge >= 0.3 is 11.9 Å². The summed E-state index contributed by atoms with van der Waals surface area (Å²) in [7, 11) is 2.49. The van der Waals surface area contributed by atoms with Gasteiger partial charge in [-0.15, -0.1) is 0 Å². The fraction of sp³-hybridized carbons (Fsp3) is 0.429. The minimum absolute atomic E-state index is 0. The molecule has 0 bridgehead atoms. The van der Waals surface area contributed by atoms with Gasteiger partial charge in [-0.05, 0) is 6.92 Å². The van der Waals surface area contributed by atoms with Gasteiger partial charge in [0.05, 0.1) is 14.2 Å². The molecule has 70 valence electrons. The van der Waals surface area contributed by atoms with E-state index in [1.165, 1.54) is 21.1 Å². The van der Waals surface area contributed by atoms with E-state index in [2.05, 4.69) is 9.47 Å². The van der Waals surface area contributed by atoms with Crippen molar-refractivity contribution in [2.75, 3.05) is 14.2 Å². The molecule has 0 rings (SSSR count). The normalized spacial score (nSPS) is 9.75. The van der Waals surface area contributed by atoms with Crippen LogP contribution in [0.15, 0.2) is 11.6 Å². The van der Waals surface area contributed by atoms with Crippen LogP contribution in [0.2, 0.25) is 0 Å². The van der Waals surface area contributed by atoms with E-state index in [4.69, 9.17) is 0 Å². The van der Waals surface area contributed by atoms with E-state index in [-0.39, 0.29) is 10.3 Å². The number of hydrogen-bond acceptors (Lipinski definition) is 4. The topological polar surface area (TPSA) is 52.6 Å². The Labute approximate surface area is 69.5 Å². The van der Waals surface area contributed by atoms with Crippen molar-refractivity contribution in [3.8, 4) is 0 Å². The SMILES string of the molecule is COC(=O)/C=C(/C)C(=O)OC.F. The summed E-state index contributed by atoms with van der Waals surface area (Å²) in [6.07, 6.45) is 1.08. The third kappa shape index (κ3) is 4.43. The predicted molar refractivity (Wildman–Crippen MR) is 40.3 cm³/mol. The maximum Gasteiger partial charge on any atom is 0.333 e. The summed E-state index contributed by atoms with van der Waals surface area (Å²) in [6.45, 7) is 1.47. The predicted octanol–water partition coefficient (Wildman–Crippen LogP) is 0.431. The average Bonchev–Trinajstić information content (AvgIpc) is 2.02. The first-order chi connectivity index (χ1) is 5.11. The molecule has 0 unspecified atom stereocenters. The Balaban J connectivity index is 0. The van der Waals surface area contributed by atoms with E-state index in [1.807, 2.05) is 0 Å². The zero-order valence-electron chi connectivity index (χ0n) is 7.12.